The number of rotatable bonds is 13. The van der Waals surface area contributed by atoms with Gasteiger partial charge in [0.25, 0.3) is 0 Å². The van der Waals surface area contributed by atoms with Crippen molar-refractivity contribution in [3.8, 4) is 0 Å². The number of halogens is 1. The van der Waals surface area contributed by atoms with Crippen molar-refractivity contribution in [3.63, 3.8) is 0 Å². The van der Waals surface area contributed by atoms with Crippen molar-refractivity contribution >= 4 is 11.6 Å². The molecule has 0 aromatic carbocycles. The summed E-state index contributed by atoms with van der Waals surface area (Å²) >= 11 is 5.62. The van der Waals surface area contributed by atoms with Gasteiger partial charge in [-0.05, 0) is 31.1 Å². The highest BCUT2D eigenvalue weighted by Crippen LogP contribution is 2.22. The zero-order valence-electron chi connectivity index (χ0n) is 13.9. The minimum absolute atomic E-state index is 0.252. The van der Waals surface area contributed by atoms with Crippen molar-refractivity contribution in [2.24, 2.45) is 11.8 Å². The van der Waals surface area contributed by atoms with Gasteiger partial charge in [-0.1, -0.05) is 53.4 Å². The minimum atomic E-state index is -0.534. The third kappa shape index (κ3) is 10.9. The van der Waals surface area contributed by atoms with Gasteiger partial charge in [-0.3, -0.25) is 0 Å². The lowest BCUT2D eigenvalue weighted by atomic mass is 9.91. The molecule has 122 valence electrons. The molecule has 20 heavy (non-hydrogen) atoms. The summed E-state index contributed by atoms with van der Waals surface area (Å²) in [5.74, 6) is 1.71. The molecule has 0 aliphatic carbocycles. The summed E-state index contributed by atoms with van der Waals surface area (Å²) in [5.41, 5.74) is 0. The monoisotopic (exact) mass is 306 g/mol. The van der Waals surface area contributed by atoms with Gasteiger partial charge >= 0.3 is 0 Å². The zero-order chi connectivity index (χ0) is 15.4. The fraction of sp³-hybridized carbons (Fsp3) is 1.00. The van der Waals surface area contributed by atoms with Crippen LogP contribution in [0.1, 0.15) is 72.6 Å². The molecule has 3 heteroatoms. The first-order chi connectivity index (χ1) is 9.53. The molecular formula is C17H35ClO2. The van der Waals surface area contributed by atoms with Gasteiger partial charge < -0.3 is 9.84 Å². The number of alkyl halides is 1. The van der Waals surface area contributed by atoms with Crippen molar-refractivity contribution in [2.75, 3.05) is 12.5 Å². The van der Waals surface area contributed by atoms with Crippen LogP contribution < -0.4 is 0 Å². The quantitative estimate of drug-likeness (QED) is 0.484. The van der Waals surface area contributed by atoms with Gasteiger partial charge in [0.05, 0.1) is 24.7 Å². The SMILES string of the molecule is CCCC[C@H](CC)CC[C@H](CC(C)C)OC[C@@H](O)CCl. The van der Waals surface area contributed by atoms with Gasteiger partial charge in [0.2, 0.25) is 0 Å². The van der Waals surface area contributed by atoms with E-state index in [1.165, 1.54) is 32.1 Å². The molecule has 0 aliphatic heterocycles. The molecule has 0 saturated heterocycles. The summed E-state index contributed by atoms with van der Waals surface area (Å²) in [7, 11) is 0. The maximum Gasteiger partial charge on any atom is 0.0908 e. The van der Waals surface area contributed by atoms with Crippen molar-refractivity contribution < 1.29 is 9.84 Å². The molecule has 0 heterocycles. The van der Waals surface area contributed by atoms with Crippen molar-refractivity contribution in [3.05, 3.63) is 0 Å². The van der Waals surface area contributed by atoms with E-state index < -0.39 is 6.10 Å². The van der Waals surface area contributed by atoms with Crippen LogP contribution in [0.4, 0.5) is 0 Å². The lowest BCUT2D eigenvalue weighted by Gasteiger charge is -2.23. The Balaban J connectivity index is 4.12. The Bertz CT molecular complexity index is 209. The Labute approximate surface area is 131 Å². The summed E-state index contributed by atoms with van der Waals surface area (Å²) in [6, 6.07) is 0. The molecule has 0 amide bonds. The van der Waals surface area contributed by atoms with E-state index in [4.69, 9.17) is 16.3 Å². The lowest BCUT2D eigenvalue weighted by molar-refractivity contribution is -0.0164. The maximum atomic E-state index is 9.52. The maximum absolute atomic E-state index is 9.52. The van der Waals surface area contributed by atoms with Crippen LogP contribution in [-0.2, 0) is 4.74 Å². The topological polar surface area (TPSA) is 29.5 Å². The molecule has 3 atom stereocenters. The molecule has 0 radical (unpaired) electrons. The summed E-state index contributed by atoms with van der Waals surface area (Å²) in [4.78, 5) is 0. The van der Waals surface area contributed by atoms with Crippen LogP contribution in [-0.4, -0.2) is 29.8 Å². The number of hydrogen-bond acceptors (Lipinski definition) is 2. The molecule has 0 aromatic heterocycles. The number of hydrogen-bond donors (Lipinski definition) is 1. The molecule has 1 N–H and O–H groups in total. The first kappa shape index (κ1) is 20.2. The van der Waals surface area contributed by atoms with Crippen LogP contribution in [0.2, 0.25) is 0 Å². The summed E-state index contributed by atoms with van der Waals surface area (Å²) in [6.07, 6.45) is 8.37. The third-order valence-corrected chi connectivity index (χ3v) is 4.23. The fourth-order valence-corrected chi connectivity index (χ4v) is 2.64. The Kier molecular flexibility index (Phi) is 13.0. The van der Waals surface area contributed by atoms with Gasteiger partial charge in [0.1, 0.15) is 0 Å². The molecule has 0 saturated carbocycles. The zero-order valence-corrected chi connectivity index (χ0v) is 14.7. The second-order valence-electron chi connectivity index (χ2n) is 6.39. The van der Waals surface area contributed by atoms with Crippen LogP contribution in [0, 0.1) is 11.8 Å². The first-order valence-corrected chi connectivity index (χ1v) is 8.92. The van der Waals surface area contributed by atoms with Crippen LogP contribution in [0.3, 0.4) is 0 Å². The molecule has 2 nitrogen and oxygen atoms in total. The number of aliphatic hydroxyl groups is 1. The smallest absolute Gasteiger partial charge is 0.0908 e. The van der Waals surface area contributed by atoms with Crippen molar-refractivity contribution in [2.45, 2.75) is 84.8 Å². The highest BCUT2D eigenvalue weighted by molar-refractivity contribution is 6.18. The third-order valence-electron chi connectivity index (χ3n) is 3.88. The Morgan fingerprint density at radius 3 is 2.30 bits per heavy atom. The number of ether oxygens (including phenoxy) is 1. The Morgan fingerprint density at radius 1 is 1.10 bits per heavy atom. The lowest BCUT2D eigenvalue weighted by Crippen LogP contribution is -2.24. The van der Waals surface area contributed by atoms with Gasteiger partial charge in [0, 0.05) is 0 Å². The van der Waals surface area contributed by atoms with Gasteiger partial charge in [-0.2, -0.15) is 0 Å². The molecule has 0 bridgehead atoms. The van der Waals surface area contributed by atoms with Crippen LogP contribution in [0.25, 0.3) is 0 Å². The van der Waals surface area contributed by atoms with E-state index in [9.17, 15) is 5.11 Å². The van der Waals surface area contributed by atoms with Gasteiger partial charge in [-0.25, -0.2) is 0 Å². The van der Waals surface area contributed by atoms with Crippen LogP contribution in [0.15, 0.2) is 0 Å². The summed E-state index contributed by atoms with van der Waals surface area (Å²) in [5, 5.41) is 9.52. The average Bonchev–Trinajstić information content (AvgIpc) is 2.43. The van der Waals surface area contributed by atoms with Gasteiger partial charge in [0.15, 0.2) is 0 Å². The van der Waals surface area contributed by atoms with Crippen molar-refractivity contribution in [1.29, 1.82) is 0 Å². The van der Waals surface area contributed by atoms with E-state index in [-0.39, 0.29) is 12.0 Å². The van der Waals surface area contributed by atoms with Crippen molar-refractivity contribution in [1.82, 2.24) is 0 Å². The first-order valence-electron chi connectivity index (χ1n) is 8.38. The van der Waals surface area contributed by atoms with Crippen LogP contribution in [0.5, 0.6) is 0 Å². The predicted octanol–water partition coefficient (Wildman–Crippen LogP) is 5.01. The summed E-state index contributed by atoms with van der Waals surface area (Å²) in [6.45, 7) is 9.36. The molecule has 0 spiro atoms. The highest BCUT2D eigenvalue weighted by Gasteiger charge is 2.16. The van der Waals surface area contributed by atoms with E-state index in [0.717, 1.165) is 18.8 Å². The second kappa shape index (κ2) is 12.9. The average molecular weight is 307 g/mol. The second-order valence-corrected chi connectivity index (χ2v) is 6.70. The molecule has 0 unspecified atom stereocenters. The largest absolute Gasteiger partial charge is 0.389 e. The summed E-state index contributed by atoms with van der Waals surface area (Å²) < 4.78 is 5.87. The standard InChI is InChI=1S/C17H35ClO2/c1-5-7-8-15(6-2)9-10-17(11-14(3)4)20-13-16(19)12-18/h14-17,19H,5-13H2,1-4H3/t15-,16-,17+/m0/s1. The van der Waals surface area contributed by atoms with E-state index in [0.29, 0.717) is 12.5 Å². The molecular weight excluding hydrogens is 272 g/mol. The van der Waals surface area contributed by atoms with Gasteiger partial charge in [-0.15, -0.1) is 11.6 Å². The van der Waals surface area contributed by atoms with E-state index in [1.54, 1.807) is 0 Å². The van der Waals surface area contributed by atoms with E-state index >= 15 is 0 Å². The molecule has 0 fully saturated rings. The number of unbranched alkanes of at least 4 members (excludes halogenated alkanes) is 1. The van der Waals surface area contributed by atoms with Crippen LogP contribution >= 0.6 is 11.6 Å². The molecule has 0 aliphatic rings. The predicted molar refractivity (Wildman–Crippen MR) is 88.5 cm³/mol. The molecule has 0 rings (SSSR count). The Hall–Kier alpha value is 0.210. The normalized spacial score (nSPS) is 16.4. The van der Waals surface area contributed by atoms with E-state index in [1.807, 2.05) is 0 Å². The molecule has 0 aromatic rings. The number of aliphatic hydroxyl groups excluding tert-OH is 1. The Morgan fingerprint density at radius 2 is 1.80 bits per heavy atom. The fourth-order valence-electron chi connectivity index (χ4n) is 2.55. The minimum Gasteiger partial charge on any atom is -0.389 e. The van der Waals surface area contributed by atoms with E-state index in [2.05, 4.69) is 27.7 Å². The highest BCUT2D eigenvalue weighted by atomic mass is 35.5.